The molecule has 0 aliphatic rings. The van der Waals surface area contributed by atoms with Gasteiger partial charge >= 0.3 is 5.97 Å². The third-order valence-corrected chi connectivity index (χ3v) is 3.00. The Balaban J connectivity index is 2.50. The molecule has 4 nitrogen and oxygen atoms in total. The van der Waals surface area contributed by atoms with Crippen LogP contribution in [0.3, 0.4) is 0 Å². The fraction of sp³-hybridized carbons (Fsp3) is 0.133. The summed E-state index contributed by atoms with van der Waals surface area (Å²) in [6.07, 6.45) is 0. The number of benzene rings is 2. The molecule has 0 amide bonds. The molecule has 23 heavy (non-hydrogen) atoms. The lowest BCUT2D eigenvalue weighted by molar-refractivity contribution is 0.0601. The van der Waals surface area contributed by atoms with Gasteiger partial charge in [-0.2, -0.15) is 0 Å². The number of hydrogen-bond donors (Lipinski definition) is 1. The highest BCUT2D eigenvalue weighted by atomic mass is 19.2. The van der Waals surface area contributed by atoms with Crippen LogP contribution in [0, 0.1) is 23.3 Å². The molecule has 0 heterocycles. The van der Waals surface area contributed by atoms with E-state index >= 15 is 0 Å². The maximum absolute atomic E-state index is 13.7. The molecule has 0 saturated carbocycles. The summed E-state index contributed by atoms with van der Waals surface area (Å²) in [6.45, 7) is 0. The SMILES string of the molecule is COC(=O)c1cc(OC)ccc1Nc1cc(F)c(F)c(F)c1F. The monoisotopic (exact) mass is 329 g/mol. The van der Waals surface area contributed by atoms with Crippen LogP contribution in [-0.2, 0) is 4.74 Å². The number of nitrogens with one attached hydrogen (secondary N) is 1. The molecule has 0 bridgehead atoms. The smallest absolute Gasteiger partial charge is 0.340 e. The molecular formula is C15H11F4NO3. The maximum Gasteiger partial charge on any atom is 0.340 e. The van der Waals surface area contributed by atoms with Gasteiger partial charge in [0.2, 0.25) is 0 Å². The lowest BCUT2D eigenvalue weighted by Gasteiger charge is -2.13. The topological polar surface area (TPSA) is 47.6 Å². The van der Waals surface area contributed by atoms with Crippen LogP contribution in [0.5, 0.6) is 5.75 Å². The first-order valence-electron chi connectivity index (χ1n) is 6.25. The van der Waals surface area contributed by atoms with Gasteiger partial charge in [0.05, 0.1) is 31.2 Å². The molecule has 122 valence electrons. The van der Waals surface area contributed by atoms with Crippen molar-refractivity contribution >= 4 is 17.3 Å². The molecule has 1 N–H and O–H groups in total. The molecule has 0 aliphatic heterocycles. The molecule has 2 aromatic carbocycles. The number of halogens is 4. The van der Waals surface area contributed by atoms with E-state index in [2.05, 4.69) is 10.1 Å². The average Bonchev–Trinajstić information content (AvgIpc) is 2.57. The Bertz CT molecular complexity index is 765. The van der Waals surface area contributed by atoms with E-state index in [1.54, 1.807) is 0 Å². The van der Waals surface area contributed by atoms with Gasteiger partial charge in [0.25, 0.3) is 0 Å². The van der Waals surface area contributed by atoms with Crippen LogP contribution in [0.15, 0.2) is 24.3 Å². The van der Waals surface area contributed by atoms with Crippen molar-refractivity contribution in [3.8, 4) is 5.75 Å². The summed E-state index contributed by atoms with van der Waals surface area (Å²) < 4.78 is 62.7. The van der Waals surface area contributed by atoms with Gasteiger partial charge in [0, 0.05) is 6.07 Å². The number of carbonyl (C=O) groups excluding carboxylic acids is 1. The van der Waals surface area contributed by atoms with Crippen molar-refractivity contribution in [1.82, 2.24) is 0 Å². The first-order chi connectivity index (χ1) is 10.9. The second kappa shape index (κ2) is 6.55. The zero-order chi connectivity index (χ0) is 17.1. The fourth-order valence-electron chi connectivity index (χ4n) is 1.85. The Morgan fingerprint density at radius 2 is 1.65 bits per heavy atom. The van der Waals surface area contributed by atoms with E-state index in [1.807, 2.05) is 0 Å². The van der Waals surface area contributed by atoms with Crippen LogP contribution < -0.4 is 10.1 Å². The number of esters is 1. The predicted molar refractivity (Wildman–Crippen MR) is 73.9 cm³/mol. The van der Waals surface area contributed by atoms with E-state index in [0.29, 0.717) is 11.8 Å². The van der Waals surface area contributed by atoms with Crippen LogP contribution >= 0.6 is 0 Å². The van der Waals surface area contributed by atoms with Gasteiger partial charge in [0.15, 0.2) is 23.3 Å². The van der Waals surface area contributed by atoms with E-state index in [0.717, 1.165) is 7.11 Å². The highest BCUT2D eigenvalue weighted by Crippen LogP contribution is 2.29. The van der Waals surface area contributed by atoms with Gasteiger partial charge in [-0.25, -0.2) is 22.4 Å². The molecule has 0 atom stereocenters. The van der Waals surface area contributed by atoms with E-state index in [9.17, 15) is 22.4 Å². The van der Waals surface area contributed by atoms with Crippen molar-refractivity contribution in [2.75, 3.05) is 19.5 Å². The Morgan fingerprint density at radius 3 is 2.26 bits per heavy atom. The third-order valence-electron chi connectivity index (χ3n) is 3.00. The minimum atomic E-state index is -1.96. The van der Waals surface area contributed by atoms with Crippen LogP contribution in [-0.4, -0.2) is 20.2 Å². The van der Waals surface area contributed by atoms with Gasteiger partial charge in [-0.3, -0.25) is 0 Å². The largest absolute Gasteiger partial charge is 0.497 e. The van der Waals surface area contributed by atoms with Crippen molar-refractivity contribution in [3.63, 3.8) is 0 Å². The quantitative estimate of drug-likeness (QED) is 0.401. The normalized spacial score (nSPS) is 10.3. The van der Waals surface area contributed by atoms with Gasteiger partial charge in [-0.05, 0) is 18.2 Å². The minimum Gasteiger partial charge on any atom is -0.497 e. The number of anilines is 2. The Labute approximate surface area is 128 Å². The first kappa shape index (κ1) is 16.6. The Morgan fingerprint density at radius 1 is 0.957 bits per heavy atom. The molecule has 0 aliphatic carbocycles. The molecule has 2 rings (SSSR count). The second-order valence-corrected chi connectivity index (χ2v) is 4.38. The lowest BCUT2D eigenvalue weighted by Crippen LogP contribution is -2.08. The predicted octanol–water partition coefficient (Wildman–Crippen LogP) is 3.78. The number of hydrogen-bond acceptors (Lipinski definition) is 4. The van der Waals surface area contributed by atoms with Crippen molar-refractivity contribution < 1.29 is 31.8 Å². The van der Waals surface area contributed by atoms with Gasteiger partial charge in [-0.1, -0.05) is 0 Å². The molecule has 0 saturated heterocycles. The third kappa shape index (κ3) is 3.20. The standard InChI is InChI=1S/C15H11F4NO3/c1-22-7-3-4-10(8(5-7)15(21)23-2)20-11-6-9(16)12(17)14(19)13(11)18/h3-6,20H,1-2H3. The summed E-state index contributed by atoms with van der Waals surface area (Å²) in [5.74, 6) is -7.53. The van der Waals surface area contributed by atoms with E-state index < -0.39 is 34.9 Å². The van der Waals surface area contributed by atoms with Gasteiger partial charge in [-0.15, -0.1) is 0 Å². The lowest BCUT2D eigenvalue weighted by atomic mass is 10.1. The first-order valence-corrected chi connectivity index (χ1v) is 6.25. The molecular weight excluding hydrogens is 318 g/mol. The van der Waals surface area contributed by atoms with Crippen molar-refractivity contribution in [3.05, 3.63) is 53.1 Å². The van der Waals surface area contributed by atoms with Crippen LogP contribution in [0.4, 0.5) is 28.9 Å². The molecule has 2 aromatic rings. The van der Waals surface area contributed by atoms with Crippen molar-refractivity contribution in [2.24, 2.45) is 0 Å². The Kier molecular flexibility index (Phi) is 4.73. The van der Waals surface area contributed by atoms with Gasteiger partial charge in [0.1, 0.15) is 5.75 Å². The summed E-state index contributed by atoms with van der Waals surface area (Å²) in [7, 11) is 2.50. The number of carbonyl (C=O) groups is 1. The summed E-state index contributed by atoms with van der Waals surface area (Å²) >= 11 is 0. The van der Waals surface area contributed by atoms with Crippen molar-refractivity contribution in [1.29, 1.82) is 0 Å². The summed E-state index contributed by atoms with van der Waals surface area (Å²) in [4.78, 5) is 11.7. The zero-order valence-electron chi connectivity index (χ0n) is 12.0. The molecule has 8 heteroatoms. The molecule has 0 radical (unpaired) electrons. The van der Waals surface area contributed by atoms with Crippen molar-refractivity contribution in [2.45, 2.75) is 0 Å². The molecule has 0 unspecified atom stereocenters. The second-order valence-electron chi connectivity index (χ2n) is 4.38. The molecule has 0 aromatic heterocycles. The zero-order valence-corrected chi connectivity index (χ0v) is 12.0. The minimum absolute atomic E-state index is 0.00181. The highest BCUT2D eigenvalue weighted by molar-refractivity contribution is 5.97. The summed E-state index contributed by atoms with van der Waals surface area (Å²) in [5.41, 5.74) is -0.727. The highest BCUT2D eigenvalue weighted by Gasteiger charge is 2.21. The van der Waals surface area contributed by atoms with E-state index in [-0.39, 0.29) is 11.3 Å². The Hall–Kier alpha value is -2.77. The van der Waals surface area contributed by atoms with Crippen LogP contribution in [0.25, 0.3) is 0 Å². The van der Waals surface area contributed by atoms with E-state index in [1.165, 1.54) is 25.3 Å². The maximum atomic E-state index is 13.7. The number of rotatable bonds is 4. The van der Waals surface area contributed by atoms with Gasteiger partial charge < -0.3 is 14.8 Å². The van der Waals surface area contributed by atoms with Crippen LogP contribution in [0.1, 0.15) is 10.4 Å². The molecule has 0 fully saturated rings. The summed E-state index contributed by atoms with van der Waals surface area (Å²) in [5, 5.41) is 2.34. The van der Waals surface area contributed by atoms with Crippen LogP contribution in [0.2, 0.25) is 0 Å². The van der Waals surface area contributed by atoms with E-state index in [4.69, 9.17) is 4.74 Å². The average molecular weight is 329 g/mol. The summed E-state index contributed by atoms with van der Waals surface area (Å²) in [6, 6.07) is 4.49. The molecule has 0 spiro atoms. The number of methoxy groups -OCH3 is 2. The number of ether oxygens (including phenoxy) is 2. The fourth-order valence-corrected chi connectivity index (χ4v) is 1.85.